The molecule has 0 aliphatic rings. The zero-order valence-electron chi connectivity index (χ0n) is 11.3. The van der Waals surface area contributed by atoms with E-state index in [-0.39, 0.29) is 5.56 Å². The molecule has 19 heavy (non-hydrogen) atoms. The highest BCUT2D eigenvalue weighted by molar-refractivity contribution is 5.74. The summed E-state index contributed by atoms with van der Waals surface area (Å²) in [4.78, 5) is 35.8. The molecule has 0 aromatic carbocycles. The normalized spacial score (nSPS) is 10.9. The predicted molar refractivity (Wildman–Crippen MR) is 70.4 cm³/mol. The number of ether oxygens (including phenoxy) is 1. The van der Waals surface area contributed by atoms with E-state index >= 15 is 0 Å². The topological polar surface area (TPSA) is 88.3 Å². The van der Waals surface area contributed by atoms with Gasteiger partial charge in [0.05, 0.1) is 0 Å². The van der Waals surface area contributed by atoms with Crippen molar-refractivity contribution in [2.75, 3.05) is 6.54 Å². The van der Waals surface area contributed by atoms with E-state index in [1.54, 1.807) is 26.8 Å². The van der Waals surface area contributed by atoms with Crippen molar-refractivity contribution in [2.24, 2.45) is 0 Å². The first kappa shape index (κ1) is 14.9. The van der Waals surface area contributed by atoms with Crippen molar-refractivity contribution in [1.29, 1.82) is 0 Å². The molecule has 0 saturated heterocycles. The van der Waals surface area contributed by atoms with Gasteiger partial charge in [0.25, 0.3) is 0 Å². The summed E-state index contributed by atoms with van der Waals surface area (Å²) < 4.78 is 5.07. The van der Waals surface area contributed by atoms with Crippen LogP contribution in [0.25, 0.3) is 0 Å². The summed E-state index contributed by atoms with van der Waals surface area (Å²) in [5.41, 5.74) is 0.0223. The third-order valence-electron chi connectivity index (χ3n) is 2.12. The van der Waals surface area contributed by atoms with E-state index in [9.17, 15) is 14.4 Å². The van der Waals surface area contributed by atoms with Crippen LogP contribution in [0.15, 0.2) is 16.9 Å². The number of aromatic amines is 1. The summed E-state index contributed by atoms with van der Waals surface area (Å²) in [5.74, 6) is 0. The molecule has 104 valence electrons. The number of nitrogens with one attached hydrogen (secondary N) is 2. The number of carbonyl (C=O) groups is 2. The van der Waals surface area contributed by atoms with E-state index in [0.29, 0.717) is 30.5 Å². The maximum absolute atomic E-state index is 11.4. The van der Waals surface area contributed by atoms with Crippen LogP contribution < -0.4 is 10.9 Å². The number of carbonyl (C=O) groups excluding carboxylic acids is 2. The van der Waals surface area contributed by atoms with Gasteiger partial charge in [0.1, 0.15) is 11.9 Å². The second kappa shape index (κ2) is 6.17. The minimum Gasteiger partial charge on any atom is -0.444 e. The van der Waals surface area contributed by atoms with Crippen molar-refractivity contribution < 1.29 is 14.3 Å². The van der Waals surface area contributed by atoms with Crippen LogP contribution in [0.1, 0.15) is 36.8 Å². The van der Waals surface area contributed by atoms with Crippen LogP contribution in [0.3, 0.4) is 0 Å². The number of rotatable bonds is 4. The quantitative estimate of drug-likeness (QED) is 0.803. The molecular weight excluding hydrogens is 248 g/mol. The van der Waals surface area contributed by atoms with Crippen LogP contribution in [0.2, 0.25) is 0 Å². The average Bonchev–Trinajstić information content (AvgIpc) is 2.25. The number of hydrogen-bond acceptors (Lipinski definition) is 4. The van der Waals surface area contributed by atoms with Gasteiger partial charge >= 0.3 is 6.09 Å². The number of hydrogen-bond donors (Lipinski definition) is 2. The summed E-state index contributed by atoms with van der Waals surface area (Å²) >= 11 is 0. The van der Waals surface area contributed by atoms with Gasteiger partial charge in [-0.05, 0) is 26.8 Å². The van der Waals surface area contributed by atoms with Crippen molar-refractivity contribution >= 4 is 12.4 Å². The molecule has 0 radical (unpaired) electrons. The van der Waals surface area contributed by atoms with E-state index in [1.165, 1.54) is 6.07 Å². The largest absolute Gasteiger partial charge is 0.444 e. The zero-order valence-corrected chi connectivity index (χ0v) is 11.3. The first-order valence-corrected chi connectivity index (χ1v) is 5.95. The number of alkyl carbamates (subject to hydrolysis) is 1. The van der Waals surface area contributed by atoms with Crippen molar-refractivity contribution in [3.63, 3.8) is 0 Å². The third-order valence-corrected chi connectivity index (χ3v) is 2.12. The van der Waals surface area contributed by atoms with Crippen molar-refractivity contribution in [2.45, 2.75) is 32.8 Å². The maximum atomic E-state index is 11.4. The van der Waals surface area contributed by atoms with Crippen LogP contribution in [0.4, 0.5) is 4.79 Å². The van der Waals surface area contributed by atoms with Gasteiger partial charge in [-0.2, -0.15) is 0 Å². The molecule has 1 amide bonds. The fourth-order valence-electron chi connectivity index (χ4n) is 1.44. The van der Waals surface area contributed by atoms with Crippen LogP contribution in [0, 0.1) is 0 Å². The Morgan fingerprint density at radius 3 is 2.68 bits per heavy atom. The number of aldehydes is 1. The lowest BCUT2D eigenvalue weighted by Gasteiger charge is -2.19. The predicted octanol–water partition coefficient (Wildman–Crippen LogP) is 1.25. The average molecular weight is 266 g/mol. The van der Waals surface area contributed by atoms with Crippen molar-refractivity contribution in [3.05, 3.63) is 33.7 Å². The Labute approximate surface area is 111 Å². The van der Waals surface area contributed by atoms with E-state index in [0.717, 1.165) is 0 Å². The maximum Gasteiger partial charge on any atom is 0.407 e. The summed E-state index contributed by atoms with van der Waals surface area (Å²) in [6.07, 6.45) is 0.511. The molecule has 1 aromatic heterocycles. The van der Waals surface area contributed by atoms with Gasteiger partial charge in [0, 0.05) is 30.3 Å². The van der Waals surface area contributed by atoms with Gasteiger partial charge in [-0.3, -0.25) is 9.59 Å². The van der Waals surface area contributed by atoms with Crippen molar-refractivity contribution in [1.82, 2.24) is 10.3 Å². The highest BCUT2D eigenvalue weighted by atomic mass is 16.6. The fraction of sp³-hybridized carbons (Fsp3) is 0.462. The van der Waals surface area contributed by atoms with Gasteiger partial charge in [-0.15, -0.1) is 0 Å². The fourth-order valence-corrected chi connectivity index (χ4v) is 1.44. The Morgan fingerprint density at radius 1 is 1.42 bits per heavy atom. The molecule has 0 aliphatic heterocycles. The van der Waals surface area contributed by atoms with Crippen LogP contribution in [0.5, 0.6) is 0 Å². The molecule has 0 bridgehead atoms. The second-order valence-corrected chi connectivity index (χ2v) is 5.10. The molecule has 0 aliphatic carbocycles. The standard InChI is InChI=1S/C13H18N2O4/c1-13(2,3)19-12(18)14-5-4-10-6-9(8-16)7-11(17)15-10/h6-8H,4-5H2,1-3H3,(H,14,18)(H,15,17). The molecule has 0 atom stereocenters. The number of amides is 1. The molecule has 1 rings (SSSR count). The lowest BCUT2D eigenvalue weighted by Crippen LogP contribution is -2.33. The van der Waals surface area contributed by atoms with Gasteiger partial charge in [0.15, 0.2) is 0 Å². The van der Waals surface area contributed by atoms with Gasteiger partial charge in [-0.25, -0.2) is 4.79 Å². The Hall–Kier alpha value is -2.11. The van der Waals surface area contributed by atoms with E-state index in [1.807, 2.05) is 0 Å². The highest BCUT2D eigenvalue weighted by Crippen LogP contribution is 2.06. The molecule has 0 spiro atoms. The number of H-pyrrole nitrogens is 1. The van der Waals surface area contributed by atoms with Gasteiger partial charge in [-0.1, -0.05) is 0 Å². The molecule has 0 saturated carbocycles. The zero-order chi connectivity index (χ0) is 14.5. The summed E-state index contributed by atoms with van der Waals surface area (Å²) in [6.45, 7) is 5.64. The van der Waals surface area contributed by atoms with Crippen LogP contribution in [-0.2, 0) is 11.2 Å². The molecule has 0 fully saturated rings. The van der Waals surface area contributed by atoms with E-state index in [4.69, 9.17) is 4.74 Å². The molecule has 6 nitrogen and oxygen atoms in total. The van der Waals surface area contributed by atoms with E-state index in [2.05, 4.69) is 10.3 Å². The molecule has 1 heterocycles. The van der Waals surface area contributed by atoms with Crippen molar-refractivity contribution in [3.8, 4) is 0 Å². The van der Waals surface area contributed by atoms with E-state index < -0.39 is 11.7 Å². The number of aromatic nitrogens is 1. The summed E-state index contributed by atoms with van der Waals surface area (Å²) in [7, 11) is 0. The van der Waals surface area contributed by atoms with Crippen LogP contribution >= 0.6 is 0 Å². The highest BCUT2D eigenvalue weighted by Gasteiger charge is 2.15. The SMILES string of the molecule is CC(C)(C)OC(=O)NCCc1cc(C=O)cc(=O)[nH]1. The molecule has 0 unspecified atom stereocenters. The summed E-state index contributed by atoms with van der Waals surface area (Å²) in [5, 5.41) is 2.57. The minimum atomic E-state index is -0.546. The first-order valence-electron chi connectivity index (χ1n) is 5.95. The Kier molecular flexibility index (Phi) is 4.86. The molecule has 2 N–H and O–H groups in total. The molecule has 1 aromatic rings. The van der Waals surface area contributed by atoms with Gasteiger partial charge in [0.2, 0.25) is 5.56 Å². The Morgan fingerprint density at radius 2 is 2.11 bits per heavy atom. The minimum absolute atomic E-state index is 0.313. The lowest BCUT2D eigenvalue weighted by atomic mass is 10.2. The van der Waals surface area contributed by atoms with Gasteiger partial charge < -0.3 is 15.0 Å². The first-order chi connectivity index (χ1) is 8.80. The molecular formula is C13H18N2O4. The third kappa shape index (κ3) is 5.85. The number of pyridine rings is 1. The Bertz CT molecular complexity index is 514. The smallest absolute Gasteiger partial charge is 0.407 e. The Balaban J connectivity index is 2.49. The molecule has 6 heteroatoms. The monoisotopic (exact) mass is 266 g/mol. The summed E-state index contributed by atoms with van der Waals surface area (Å²) in [6, 6.07) is 2.79. The van der Waals surface area contributed by atoms with Crippen LogP contribution in [-0.4, -0.2) is 29.5 Å². The lowest BCUT2D eigenvalue weighted by molar-refractivity contribution is 0.0528. The second-order valence-electron chi connectivity index (χ2n) is 5.10.